The Kier molecular flexibility index (Phi) is 3.04. The summed E-state index contributed by atoms with van der Waals surface area (Å²) in [6, 6.07) is 6.97. The van der Waals surface area contributed by atoms with Gasteiger partial charge in [-0.25, -0.2) is 4.39 Å². The normalized spacial score (nSPS) is 27.6. The van der Waals surface area contributed by atoms with Gasteiger partial charge in [-0.05, 0) is 24.2 Å². The zero-order chi connectivity index (χ0) is 12.5. The standard InChI is InChI=1S/C14H18FN3/c1-2-18-7-6-13-12(9-18)14(17-16-13)10-4-3-5-11(15)8-10/h3-5,8,12,14,17H,2,6-7,9H2,1H3. The van der Waals surface area contributed by atoms with Gasteiger partial charge in [-0.3, -0.25) is 0 Å². The molecule has 2 heterocycles. The summed E-state index contributed by atoms with van der Waals surface area (Å²) >= 11 is 0. The van der Waals surface area contributed by atoms with Crippen molar-refractivity contribution < 1.29 is 4.39 Å². The van der Waals surface area contributed by atoms with E-state index in [-0.39, 0.29) is 11.9 Å². The predicted molar refractivity (Wildman–Crippen MR) is 69.9 cm³/mol. The summed E-state index contributed by atoms with van der Waals surface area (Å²) in [5.74, 6) is 0.214. The lowest BCUT2D eigenvalue weighted by Gasteiger charge is -2.32. The molecule has 2 aliphatic rings. The summed E-state index contributed by atoms with van der Waals surface area (Å²) in [7, 11) is 0. The van der Waals surface area contributed by atoms with Crippen molar-refractivity contribution in [2.24, 2.45) is 11.0 Å². The number of fused-ring (bicyclic) bond motifs is 1. The van der Waals surface area contributed by atoms with Gasteiger partial charge in [0.1, 0.15) is 5.82 Å². The quantitative estimate of drug-likeness (QED) is 0.867. The van der Waals surface area contributed by atoms with E-state index >= 15 is 0 Å². The minimum Gasteiger partial charge on any atom is -0.302 e. The number of benzene rings is 1. The van der Waals surface area contributed by atoms with Crippen molar-refractivity contribution in [1.29, 1.82) is 0 Å². The molecule has 2 unspecified atom stereocenters. The van der Waals surface area contributed by atoms with Crippen LogP contribution in [-0.4, -0.2) is 30.2 Å². The van der Waals surface area contributed by atoms with Crippen molar-refractivity contribution in [3.8, 4) is 0 Å². The molecule has 0 aromatic heterocycles. The third-order valence-corrected chi connectivity index (χ3v) is 3.97. The lowest BCUT2D eigenvalue weighted by Crippen LogP contribution is -2.41. The molecule has 0 amide bonds. The first-order valence-electron chi connectivity index (χ1n) is 6.57. The van der Waals surface area contributed by atoms with Crippen LogP contribution in [0.3, 0.4) is 0 Å². The Bertz CT molecular complexity index is 472. The summed E-state index contributed by atoms with van der Waals surface area (Å²) in [6.45, 7) is 5.36. The average Bonchev–Trinajstić information content (AvgIpc) is 2.81. The Balaban J connectivity index is 1.83. The molecule has 1 N–H and O–H groups in total. The Morgan fingerprint density at radius 3 is 3.17 bits per heavy atom. The van der Waals surface area contributed by atoms with Crippen LogP contribution in [0.1, 0.15) is 24.9 Å². The number of likely N-dealkylation sites (tertiary alicyclic amines) is 1. The van der Waals surface area contributed by atoms with Crippen LogP contribution >= 0.6 is 0 Å². The van der Waals surface area contributed by atoms with E-state index in [2.05, 4.69) is 22.4 Å². The number of nitrogens with one attached hydrogen (secondary N) is 1. The van der Waals surface area contributed by atoms with Gasteiger partial charge in [-0.1, -0.05) is 19.1 Å². The van der Waals surface area contributed by atoms with Crippen LogP contribution in [0, 0.1) is 11.7 Å². The van der Waals surface area contributed by atoms with Crippen LogP contribution < -0.4 is 5.43 Å². The fraction of sp³-hybridized carbons (Fsp3) is 0.500. The number of piperidine rings is 1. The Morgan fingerprint density at radius 1 is 1.50 bits per heavy atom. The van der Waals surface area contributed by atoms with Gasteiger partial charge in [0.2, 0.25) is 0 Å². The SMILES string of the molecule is CCN1CCC2=NNC(c3cccc(F)c3)C2C1. The maximum Gasteiger partial charge on any atom is 0.123 e. The summed E-state index contributed by atoms with van der Waals surface area (Å²) in [5.41, 5.74) is 5.42. The van der Waals surface area contributed by atoms with Crippen molar-refractivity contribution >= 4 is 5.71 Å². The van der Waals surface area contributed by atoms with E-state index in [1.165, 1.54) is 11.8 Å². The van der Waals surface area contributed by atoms with Gasteiger partial charge < -0.3 is 10.3 Å². The van der Waals surface area contributed by atoms with Crippen LogP contribution in [0.5, 0.6) is 0 Å². The van der Waals surface area contributed by atoms with Crippen LogP contribution in [0.25, 0.3) is 0 Å². The van der Waals surface area contributed by atoms with E-state index in [9.17, 15) is 4.39 Å². The largest absolute Gasteiger partial charge is 0.302 e. The molecule has 3 nitrogen and oxygen atoms in total. The fourth-order valence-corrected chi connectivity index (χ4v) is 2.91. The lowest BCUT2D eigenvalue weighted by atomic mass is 9.86. The van der Waals surface area contributed by atoms with E-state index in [4.69, 9.17) is 0 Å². The summed E-state index contributed by atoms with van der Waals surface area (Å²) in [5, 5.41) is 4.43. The Hall–Kier alpha value is -1.42. The molecule has 4 heteroatoms. The first-order chi connectivity index (χ1) is 8.78. The third-order valence-electron chi connectivity index (χ3n) is 3.97. The van der Waals surface area contributed by atoms with Crippen LogP contribution in [-0.2, 0) is 0 Å². The smallest absolute Gasteiger partial charge is 0.123 e. The molecule has 1 saturated heterocycles. The van der Waals surface area contributed by atoms with Gasteiger partial charge in [0.25, 0.3) is 0 Å². The second-order valence-corrected chi connectivity index (χ2v) is 5.01. The minimum absolute atomic E-state index is 0.130. The molecule has 1 fully saturated rings. The molecule has 0 radical (unpaired) electrons. The van der Waals surface area contributed by atoms with Gasteiger partial charge in [0.05, 0.1) is 6.04 Å². The highest BCUT2D eigenvalue weighted by Crippen LogP contribution is 2.32. The van der Waals surface area contributed by atoms with E-state index < -0.39 is 0 Å². The van der Waals surface area contributed by atoms with Gasteiger partial charge in [-0.2, -0.15) is 5.10 Å². The number of hydrogen-bond donors (Lipinski definition) is 1. The monoisotopic (exact) mass is 247 g/mol. The molecule has 0 spiro atoms. The molecule has 1 aromatic rings. The fourth-order valence-electron chi connectivity index (χ4n) is 2.91. The van der Waals surface area contributed by atoms with Crippen LogP contribution in [0.15, 0.2) is 29.4 Å². The third kappa shape index (κ3) is 2.01. The van der Waals surface area contributed by atoms with Crippen LogP contribution in [0.4, 0.5) is 4.39 Å². The molecule has 96 valence electrons. The molecular weight excluding hydrogens is 229 g/mol. The second-order valence-electron chi connectivity index (χ2n) is 5.01. The zero-order valence-electron chi connectivity index (χ0n) is 10.6. The predicted octanol–water partition coefficient (Wildman–Crippen LogP) is 2.17. The first kappa shape index (κ1) is 11.7. The van der Waals surface area contributed by atoms with Crippen molar-refractivity contribution in [3.05, 3.63) is 35.6 Å². The molecule has 0 aliphatic carbocycles. The van der Waals surface area contributed by atoms with Gasteiger partial charge in [0.15, 0.2) is 0 Å². The number of halogens is 1. The number of hydrazone groups is 1. The lowest BCUT2D eigenvalue weighted by molar-refractivity contribution is 0.238. The highest BCUT2D eigenvalue weighted by molar-refractivity contribution is 5.89. The van der Waals surface area contributed by atoms with E-state index in [1.807, 2.05) is 6.07 Å². The molecule has 1 aromatic carbocycles. The number of nitrogens with zero attached hydrogens (tertiary/aromatic N) is 2. The Labute approximate surface area is 107 Å². The van der Waals surface area contributed by atoms with Crippen LogP contribution in [0.2, 0.25) is 0 Å². The van der Waals surface area contributed by atoms with Gasteiger partial charge in [0, 0.05) is 31.1 Å². The molecule has 2 atom stereocenters. The summed E-state index contributed by atoms with van der Waals surface area (Å²) < 4.78 is 13.3. The maximum absolute atomic E-state index is 13.3. The number of hydrogen-bond acceptors (Lipinski definition) is 3. The molecule has 0 saturated carbocycles. The topological polar surface area (TPSA) is 27.6 Å². The minimum atomic E-state index is -0.175. The maximum atomic E-state index is 13.3. The summed E-state index contributed by atoms with van der Waals surface area (Å²) in [4.78, 5) is 2.43. The van der Waals surface area contributed by atoms with Crippen molar-refractivity contribution in [2.45, 2.75) is 19.4 Å². The van der Waals surface area contributed by atoms with Gasteiger partial charge >= 0.3 is 0 Å². The number of rotatable bonds is 2. The zero-order valence-corrected chi connectivity index (χ0v) is 10.6. The highest BCUT2D eigenvalue weighted by Gasteiger charge is 2.36. The molecule has 18 heavy (non-hydrogen) atoms. The Morgan fingerprint density at radius 2 is 2.39 bits per heavy atom. The van der Waals surface area contributed by atoms with E-state index in [1.54, 1.807) is 12.1 Å². The molecule has 0 bridgehead atoms. The van der Waals surface area contributed by atoms with Gasteiger partial charge in [-0.15, -0.1) is 0 Å². The second kappa shape index (κ2) is 4.69. The van der Waals surface area contributed by atoms with Crippen molar-refractivity contribution in [3.63, 3.8) is 0 Å². The highest BCUT2D eigenvalue weighted by atomic mass is 19.1. The van der Waals surface area contributed by atoms with Crippen molar-refractivity contribution in [2.75, 3.05) is 19.6 Å². The molecule has 3 rings (SSSR count). The van der Waals surface area contributed by atoms with Crippen molar-refractivity contribution in [1.82, 2.24) is 10.3 Å². The average molecular weight is 247 g/mol. The van der Waals surface area contributed by atoms with E-state index in [0.717, 1.165) is 31.6 Å². The summed E-state index contributed by atoms with van der Waals surface area (Å²) in [6.07, 6.45) is 1.03. The molecule has 2 aliphatic heterocycles. The molecular formula is C14H18FN3. The van der Waals surface area contributed by atoms with E-state index in [0.29, 0.717) is 5.92 Å². The first-order valence-corrected chi connectivity index (χ1v) is 6.57.